The normalized spacial score (nSPS) is 18.1. The van der Waals surface area contributed by atoms with Crippen molar-refractivity contribution in [2.75, 3.05) is 11.9 Å². The molecule has 1 aliphatic heterocycles. The van der Waals surface area contributed by atoms with Crippen molar-refractivity contribution in [3.05, 3.63) is 107 Å². The molecule has 198 valence electrons. The van der Waals surface area contributed by atoms with Gasteiger partial charge in [0.05, 0.1) is 6.61 Å². The first kappa shape index (κ1) is 26.6. The number of rotatable bonds is 10. The van der Waals surface area contributed by atoms with E-state index in [4.69, 9.17) is 25.8 Å². The Hall–Kier alpha value is -3.05. The fourth-order valence-electron chi connectivity index (χ4n) is 5.03. The lowest BCUT2D eigenvalue weighted by Crippen LogP contribution is -2.51. The van der Waals surface area contributed by atoms with Crippen molar-refractivity contribution < 1.29 is 14.2 Å². The maximum atomic E-state index is 6.63. The van der Waals surface area contributed by atoms with Gasteiger partial charge in [-0.25, -0.2) is 0 Å². The van der Waals surface area contributed by atoms with E-state index in [9.17, 15) is 0 Å². The van der Waals surface area contributed by atoms with E-state index in [-0.39, 0.29) is 12.2 Å². The standard InChI is InChI=1S/C33H36ClNO3/c1-4-5-17-36-31-29-20-28(35-21-23-9-8-12-27(34)19-23)15-16-30(29)38-33(2,3)32(31)37-22-24-13-14-25-10-6-7-11-26(25)18-24/h6-16,18-20,31-32,35H,4-5,17,21-22H2,1-3H3. The number of fused-ring (bicyclic) bond motifs is 2. The molecule has 2 atom stereocenters. The average molecular weight is 530 g/mol. The quantitative estimate of drug-likeness (QED) is 0.208. The molecular formula is C33H36ClNO3. The van der Waals surface area contributed by atoms with Crippen molar-refractivity contribution in [3.8, 4) is 5.75 Å². The summed E-state index contributed by atoms with van der Waals surface area (Å²) >= 11 is 6.17. The Morgan fingerprint density at radius 1 is 0.868 bits per heavy atom. The van der Waals surface area contributed by atoms with Crippen LogP contribution in [0.3, 0.4) is 0 Å². The van der Waals surface area contributed by atoms with Crippen LogP contribution >= 0.6 is 11.6 Å². The molecule has 1 N–H and O–H groups in total. The van der Waals surface area contributed by atoms with Gasteiger partial charge in [-0.2, -0.15) is 0 Å². The molecule has 5 rings (SSSR count). The van der Waals surface area contributed by atoms with Crippen molar-refractivity contribution in [2.45, 2.75) is 64.6 Å². The zero-order valence-electron chi connectivity index (χ0n) is 22.4. The summed E-state index contributed by atoms with van der Waals surface area (Å²) < 4.78 is 19.7. The van der Waals surface area contributed by atoms with Gasteiger partial charge in [-0.1, -0.05) is 73.5 Å². The van der Waals surface area contributed by atoms with Gasteiger partial charge in [0.1, 0.15) is 23.6 Å². The number of ether oxygens (including phenoxy) is 3. The lowest BCUT2D eigenvalue weighted by Gasteiger charge is -2.44. The lowest BCUT2D eigenvalue weighted by molar-refractivity contribution is -0.167. The Kier molecular flexibility index (Phi) is 8.23. The largest absolute Gasteiger partial charge is 0.485 e. The summed E-state index contributed by atoms with van der Waals surface area (Å²) in [4.78, 5) is 0. The molecule has 1 heterocycles. The van der Waals surface area contributed by atoms with Gasteiger partial charge in [-0.15, -0.1) is 0 Å². The fraction of sp³-hybridized carbons (Fsp3) is 0.333. The van der Waals surface area contributed by atoms with Crippen LogP contribution in [0.4, 0.5) is 5.69 Å². The molecule has 4 aromatic carbocycles. The van der Waals surface area contributed by atoms with Crippen molar-refractivity contribution in [1.82, 2.24) is 0 Å². The van der Waals surface area contributed by atoms with Gasteiger partial charge < -0.3 is 19.5 Å². The predicted molar refractivity (Wildman–Crippen MR) is 156 cm³/mol. The Morgan fingerprint density at radius 2 is 1.71 bits per heavy atom. The molecule has 0 fully saturated rings. The number of benzene rings is 4. The number of halogens is 1. The van der Waals surface area contributed by atoms with E-state index in [1.807, 2.05) is 24.3 Å². The van der Waals surface area contributed by atoms with Crippen molar-refractivity contribution in [1.29, 1.82) is 0 Å². The van der Waals surface area contributed by atoms with Crippen molar-refractivity contribution >= 4 is 28.1 Å². The third-order valence-electron chi connectivity index (χ3n) is 7.07. The molecule has 1 aliphatic rings. The minimum atomic E-state index is -0.559. The minimum Gasteiger partial charge on any atom is -0.485 e. The molecule has 38 heavy (non-hydrogen) atoms. The summed E-state index contributed by atoms with van der Waals surface area (Å²) in [6, 6.07) is 29.0. The van der Waals surface area contributed by atoms with Crippen LogP contribution in [0.5, 0.6) is 5.75 Å². The molecular weight excluding hydrogens is 494 g/mol. The number of unbranched alkanes of at least 4 members (excludes halogenated alkanes) is 1. The Balaban J connectivity index is 1.39. The van der Waals surface area contributed by atoms with Gasteiger partial charge in [0.2, 0.25) is 0 Å². The maximum Gasteiger partial charge on any atom is 0.132 e. The van der Waals surface area contributed by atoms with Gasteiger partial charge in [0, 0.05) is 29.4 Å². The van der Waals surface area contributed by atoms with E-state index in [1.54, 1.807) is 0 Å². The summed E-state index contributed by atoms with van der Waals surface area (Å²) in [5, 5.41) is 6.70. The molecule has 0 radical (unpaired) electrons. The second kappa shape index (κ2) is 11.8. The second-order valence-corrected chi connectivity index (χ2v) is 10.9. The summed E-state index contributed by atoms with van der Waals surface area (Å²) in [5.41, 5.74) is 3.72. The molecule has 5 heteroatoms. The second-order valence-electron chi connectivity index (χ2n) is 10.5. The maximum absolute atomic E-state index is 6.63. The molecule has 0 amide bonds. The van der Waals surface area contributed by atoms with E-state index in [0.29, 0.717) is 19.8 Å². The number of nitrogens with one attached hydrogen (secondary N) is 1. The third kappa shape index (κ3) is 6.15. The van der Waals surface area contributed by atoms with Gasteiger partial charge in [0.15, 0.2) is 0 Å². The summed E-state index contributed by atoms with van der Waals surface area (Å²) in [7, 11) is 0. The third-order valence-corrected chi connectivity index (χ3v) is 7.31. The number of hydrogen-bond donors (Lipinski definition) is 1. The van der Waals surface area contributed by atoms with Gasteiger partial charge in [-0.3, -0.25) is 0 Å². The zero-order chi connectivity index (χ0) is 26.5. The molecule has 0 saturated heterocycles. The van der Waals surface area contributed by atoms with Crippen LogP contribution in [0.2, 0.25) is 5.02 Å². The first-order chi connectivity index (χ1) is 18.4. The van der Waals surface area contributed by atoms with Crippen LogP contribution in [0.15, 0.2) is 84.9 Å². The Labute approximate surface area is 230 Å². The van der Waals surface area contributed by atoms with E-state index in [0.717, 1.165) is 46.0 Å². The summed E-state index contributed by atoms with van der Waals surface area (Å²) in [6.45, 7) is 8.18. The van der Waals surface area contributed by atoms with Crippen LogP contribution in [0.25, 0.3) is 10.8 Å². The first-order valence-corrected chi connectivity index (χ1v) is 13.8. The van der Waals surface area contributed by atoms with Crippen molar-refractivity contribution in [3.63, 3.8) is 0 Å². The fourth-order valence-corrected chi connectivity index (χ4v) is 5.24. The Bertz CT molecular complexity index is 1390. The van der Waals surface area contributed by atoms with Crippen molar-refractivity contribution in [2.24, 2.45) is 0 Å². The number of anilines is 1. The van der Waals surface area contributed by atoms with Crippen LogP contribution < -0.4 is 10.1 Å². The lowest BCUT2D eigenvalue weighted by atomic mass is 9.87. The molecule has 0 bridgehead atoms. The SMILES string of the molecule is CCCCOC1c2cc(NCc3cccc(Cl)c3)ccc2OC(C)(C)C1OCc1ccc2ccccc2c1. The van der Waals surface area contributed by atoms with Crippen LogP contribution in [-0.4, -0.2) is 18.3 Å². The Morgan fingerprint density at radius 3 is 2.53 bits per heavy atom. The van der Waals surface area contributed by atoms with Crippen LogP contribution in [0.1, 0.15) is 56.4 Å². The molecule has 0 aliphatic carbocycles. The van der Waals surface area contributed by atoms with Crippen LogP contribution in [-0.2, 0) is 22.6 Å². The smallest absolute Gasteiger partial charge is 0.132 e. The predicted octanol–water partition coefficient (Wildman–Crippen LogP) is 8.72. The van der Waals surface area contributed by atoms with Crippen LogP contribution in [0, 0.1) is 0 Å². The van der Waals surface area contributed by atoms with E-state index >= 15 is 0 Å². The van der Waals surface area contributed by atoms with Gasteiger partial charge >= 0.3 is 0 Å². The highest BCUT2D eigenvalue weighted by Gasteiger charge is 2.45. The first-order valence-electron chi connectivity index (χ1n) is 13.4. The highest BCUT2D eigenvalue weighted by molar-refractivity contribution is 6.30. The molecule has 2 unspecified atom stereocenters. The highest BCUT2D eigenvalue weighted by atomic mass is 35.5. The van der Waals surface area contributed by atoms with Gasteiger partial charge in [0.25, 0.3) is 0 Å². The van der Waals surface area contributed by atoms with E-state index in [1.165, 1.54) is 10.8 Å². The summed E-state index contributed by atoms with van der Waals surface area (Å²) in [5.74, 6) is 0.843. The molecule has 0 spiro atoms. The monoisotopic (exact) mass is 529 g/mol. The molecule has 4 aromatic rings. The summed E-state index contributed by atoms with van der Waals surface area (Å²) in [6.07, 6.45) is 1.55. The van der Waals surface area contributed by atoms with Gasteiger partial charge in [-0.05, 0) is 78.6 Å². The van der Waals surface area contributed by atoms with E-state index < -0.39 is 5.60 Å². The number of hydrogen-bond acceptors (Lipinski definition) is 4. The topological polar surface area (TPSA) is 39.7 Å². The van der Waals surface area contributed by atoms with E-state index in [2.05, 4.69) is 86.8 Å². The molecule has 0 aromatic heterocycles. The molecule has 4 nitrogen and oxygen atoms in total. The average Bonchev–Trinajstić information content (AvgIpc) is 2.91. The zero-order valence-corrected chi connectivity index (χ0v) is 23.1. The highest BCUT2D eigenvalue weighted by Crippen LogP contribution is 2.44. The minimum absolute atomic E-state index is 0.242. The molecule has 0 saturated carbocycles.